The highest BCUT2D eigenvalue weighted by molar-refractivity contribution is 6.89. The Morgan fingerprint density at radius 2 is 1.24 bits per heavy atom. The third-order valence-corrected chi connectivity index (χ3v) is 22.3. The second kappa shape index (κ2) is 18.7. The molecule has 0 heterocycles. The van der Waals surface area contributed by atoms with Crippen molar-refractivity contribution in [1.82, 2.24) is 0 Å². The molecule has 0 aromatic carbocycles. The molecule has 41 heavy (non-hydrogen) atoms. The van der Waals surface area contributed by atoms with E-state index in [1.54, 1.807) is 6.92 Å². The van der Waals surface area contributed by atoms with Gasteiger partial charge in [0.1, 0.15) is 11.9 Å². The maximum absolute atomic E-state index is 11.7. The van der Waals surface area contributed by atoms with Gasteiger partial charge in [0.2, 0.25) is 0 Å². The molecule has 0 aliphatic rings. The van der Waals surface area contributed by atoms with Gasteiger partial charge in [0, 0.05) is 12.2 Å². The van der Waals surface area contributed by atoms with Gasteiger partial charge in [0.05, 0.1) is 26.4 Å². The van der Waals surface area contributed by atoms with Crippen LogP contribution in [0.3, 0.4) is 0 Å². The number of aliphatic hydroxyl groups is 2. The van der Waals surface area contributed by atoms with Gasteiger partial charge < -0.3 is 36.8 Å². The Balaban J connectivity index is 5.32. The van der Waals surface area contributed by atoms with Gasteiger partial charge in [-0.3, -0.25) is 0 Å². The first kappa shape index (κ1) is 40.1. The average Bonchev–Trinajstić information content (AvgIpc) is 2.81. The van der Waals surface area contributed by atoms with E-state index < -0.39 is 39.9 Å². The first-order valence-corrected chi connectivity index (χ1v) is 26.1. The van der Waals surface area contributed by atoms with Crippen LogP contribution in [0.4, 0.5) is 0 Å². The number of carbonyl (C=O) groups is 1. The van der Waals surface area contributed by atoms with Gasteiger partial charge in [0.15, 0.2) is 16.6 Å². The third-order valence-electron chi connectivity index (χ3n) is 6.10. The molecule has 0 rings (SSSR count). The molecule has 0 aliphatic heterocycles. The van der Waals surface area contributed by atoms with Crippen LogP contribution in [0.25, 0.3) is 0 Å². The first-order valence-electron chi connectivity index (χ1n) is 14.5. The van der Waals surface area contributed by atoms with Crippen molar-refractivity contribution in [3.8, 4) is 0 Å². The van der Waals surface area contributed by atoms with Crippen molar-refractivity contribution in [2.75, 3.05) is 33.0 Å². The maximum atomic E-state index is 11.7. The van der Waals surface area contributed by atoms with Crippen molar-refractivity contribution in [2.45, 2.75) is 103 Å². The molecular weight excluding hydrogens is 593 g/mol. The maximum Gasteiger partial charge on any atom is 0.333 e. The molecule has 13 heteroatoms. The Kier molecular flexibility index (Phi) is 18.3. The van der Waals surface area contributed by atoms with Gasteiger partial charge in [0.25, 0.3) is 0 Å². The van der Waals surface area contributed by atoms with E-state index in [0.29, 0.717) is 37.6 Å². The molecule has 0 amide bonds. The molecule has 9 nitrogen and oxygen atoms in total. The smallest absolute Gasteiger partial charge is 0.333 e. The summed E-state index contributed by atoms with van der Waals surface area (Å²) in [6, 6.07) is 2.47. The zero-order valence-electron chi connectivity index (χ0n) is 27.2. The fourth-order valence-corrected chi connectivity index (χ4v) is 24.0. The predicted molar refractivity (Wildman–Crippen MR) is 175 cm³/mol. The molecule has 0 bridgehead atoms. The van der Waals surface area contributed by atoms with E-state index in [-0.39, 0.29) is 19.2 Å². The summed E-state index contributed by atoms with van der Waals surface area (Å²) in [5, 5.41) is 18.6. The van der Waals surface area contributed by atoms with Gasteiger partial charge in [-0.05, 0) is 103 Å². The Bertz CT molecular complexity index is 848. The van der Waals surface area contributed by atoms with Crippen LogP contribution in [0.15, 0.2) is 36.6 Å². The van der Waals surface area contributed by atoms with Crippen LogP contribution < -0.4 is 0 Å². The Morgan fingerprint density at radius 3 is 1.76 bits per heavy atom. The highest BCUT2D eigenvalue weighted by Crippen LogP contribution is 2.30. The van der Waals surface area contributed by atoms with Crippen molar-refractivity contribution in [2.24, 2.45) is 0 Å². The van der Waals surface area contributed by atoms with Crippen LogP contribution in [-0.4, -0.2) is 89.1 Å². The van der Waals surface area contributed by atoms with Crippen molar-refractivity contribution in [3.05, 3.63) is 36.6 Å². The standard InChI is InChI=1S/C28H58O9Si4/c1-24(2)26(5)33-17-14-20-39(8,9)36-41(12,21-13-16-32-23-27(30)22-29)37-40(10,11)35-38(6,7)19-15-18-34-28(31)25(3)4/h27,29-30H,1,3,5,13-23H2,2,4,6-12H3. The Hall–Kier alpha value is -0.882. The van der Waals surface area contributed by atoms with Crippen LogP contribution >= 0.6 is 0 Å². The highest BCUT2D eigenvalue weighted by Gasteiger charge is 2.45. The number of carbonyl (C=O) groups excluding carboxylic acids is 1. The van der Waals surface area contributed by atoms with E-state index in [2.05, 4.69) is 65.6 Å². The SMILES string of the molecule is C=C(C)C(=C)OCCC[Si](C)(C)O[Si](C)(CCCOCC(O)CO)O[Si](C)(C)O[Si](C)(C)CCCOC(=O)C(=C)C. The van der Waals surface area contributed by atoms with Gasteiger partial charge in [-0.1, -0.05) is 19.7 Å². The second-order valence-electron chi connectivity index (χ2n) is 12.5. The second-order valence-corrected chi connectivity index (χ2v) is 28.6. The van der Waals surface area contributed by atoms with E-state index in [1.165, 1.54) is 0 Å². The lowest BCUT2D eigenvalue weighted by Gasteiger charge is -2.42. The van der Waals surface area contributed by atoms with E-state index in [4.69, 9.17) is 31.7 Å². The quantitative estimate of drug-likeness (QED) is 0.0325. The number of aliphatic hydroxyl groups excluding tert-OH is 2. The number of ether oxygens (including phenoxy) is 3. The Morgan fingerprint density at radius 1 is 0.732 bits per heavy atom. The summed E-state index contributed by atoms with van der Waals surface area (Å²) in [7, 11) is -9.52. The zero-order valence-corrected chi connectivity index (χ0v) is 31.2. The minimum Gasteiger partial charge on any atom is -0.494 e. The molecule has 2 atom stereocenters. The molecule has 0 saturated heterocycles. The van der Waals surface area contributed by atoms with Crippen LogP contribution in [0, 0.1) is 0 Å². The summed E-state index contributed by atoms with van der Waals surface area (Å²) in [6.07, 6.45) is 1.42. The molecule has 240 valence electrons. The molecule has 0 aliphatic carbocycles. The topological polar surface area (TPSA) is 113 Å². The van der Waals surface area contributed by atoms with Crippen molar-refractivity contribution in [1.29, 1.82) is 0 Å². The summed E-state index contributed by atoms with van der Waals surface area (Å²) in [6.45, 7) is 31.1. The number of hydrogen-bond acceptors (Lipinski definition) is 9. The largest absolute Gasteiger partial charge is 0.494 e. The Labute approximate surface area is 253 Å². The van der Waals surface area contributed by atoms with Gasteiger partial charge in [-0.15, -0.1) is 0 Å². The van der Waals surface area contributed by atoms with Crippen LogP contribution in [0.5, 0.6) is 0 Å². The lowest BCUT2D eigenvalue weighted by atomic mass is 10.3. The summed E-state index contributed by atoms with van der Waals surface area (Å²) in [5.74, 6) is 0.251. The molecule has 0 spiro atoms. The summed E-state index contributed by atoms with van der Waals surface area (Å²) in [5.41, 5.74) is 1.22. The molecule has 2 N–H and O–H groups in total. The van der Waals surface area contributed by atoms with Crippen molar-refractivity contribution in [3.63, 3.8) is 0 Å². The minimum absolute atomic E-state index is 0.0943. The molecule has 0 fully saturated rings. The zero-order chi connectivity index (χ0) is 31.9. The van der Waals surface area contributed by atoms with Crippen LogP contribution in [-0.2, 0) is 31.4 Å². The van der Waals surface area contributed by atoms with E-state index in [9.17, 15) is 9.90 Å². The number of rotatable bonds is 24. The van der Waals surface area contributed by atoms with Gasteiger partial charge >= 0.3 is 23.1 Å². The summed E-state index contributed by atoms with van der Waals surface area (Å²) in [4.78, 5) is 11.7. The van der Waals surface area contributed by atoms with E-state index in [0.717, 1.165) is 36.5 Å². The fourth-order valence-electron chi connectivity index (χ4n) is 4.39. The minimum atomic E-state index is -2.69. The summed E-state index contributed by atoms with van der Waals surface area (Å²) >= 11 is 0. The third kappa shape index (κ3) is 19.8. The summed E-state index contributed by atoms with van der Waals surface area (Å²) < 4.78 is 37.1. The number of allylic oxidation sites excluding steroid dienone is 1. The number of hydrogen-bond donors (Lipinski definition) is 2. The van der Waals surface area contributed by atoms with Crippen molar-refractivity contribution >= 4 is 39.7 Å². The van der Waals surface area contributed by atoms with E-state index >= 15 is 0 Å². The fraction of sp³-hybridized carbons (Fsp3) is 0.750. The average molecular weight is 651 g/mol. The molecule has 0 aromatic rings. The lowest BCUT2D eigenvalue weighted by molar-refractivity contribution is -0.138. The first-order chi connectivity index (χ1) is 18.7. The molecule has 0 radical (unpaired) electrons. The van der Waals surface area contributed by atoms with Crippen LogP contribution in [0.1, 0.15) is 33.1 Å². The predicted octanol–water partition coefficient (Wildman–Crippen LogP) is 5.99. The normalized spacial score (nSPS) is 14.7. The molecule has 0 saturated carbocycles. The lowest BCUT2D eigenvalue weighted by Crippen LogP contribution is -2.57. The molecule has 0 aromatic heterocycles. The van der Waals surface area contributed by atoms with Gasteiger partial charge in [-0.25, -0.2) is 4.79 Å². The number of esters is 1. The van der Waals surface area contributed by atoms with Crippen molar-refractivity contribution < 1.29 is 41.6 Å². The monoisotopic (exact) mass is 650 g/mol. The van der Waals surface area contributed by atoms with Gasteiger partial charge in [-0.2, -0.15) is 0 Å². The molecule has 2 unspecified atom stereocenters. The van der Waals surface area contributed by atoms with E-state index in [1.807, 2.05) is 6.92 Å². The highest BCUT2D eigenvalue weighted by atomic mass is 28.5. The molecular formula is C28H58O9Si4. The van der Waals surface area contributed by atoms with Crippen LogP contribution in [0.2, 0.25) is 64.0 Å².